The van der Waals surface area contributed by atoms with Gasteiger partial charge >= 0.3 is 0 Å². The Morgan fingerprint density at radius 3 is 2.62 bits per heavy atom. The van der Waals surface area contributed by atoms with E-state index in [1.54, 1.807) is 6.07 Å². The monoisotopic (exact) mass is 302 g/mol. The molecule has 2 nitrogen and oxygen atoms in total. The molecule has 0 saturated carbocycles. The molecule has 0 aliphatic rings. The van der Waals surface area contributed by atoms with Gasteiger partial charge in [-0.05, 0) is 46.3 Å². The van der Waals surface area contributed by atoms with E-state index in [0.29, 0.717) is 4.67 Å². The lowest BCUT2D eigenvalue weighted by Gasteiger charge is -1.99. The molecule has 1 heterocycles. The minimum absolute atomic E-state index is 0.0165. The van der Waals surface area contributed by atoms with E-state index in [1.807, 2.05) is 0 Å². The number of ketones is 1. The third-order valence-electron chi connectivity index (χ3n) is 1.98. The first-order valence-corrected chi connectivity index (χ1v) is 5.50. The van der Waals surface area contributed by atoms with E-state index in [4.69, 9.17) is 16.0 Å². The topological polar surface area (TPSA) is 30.2 Å². The first-order valence-electron chi connectivity index (χ1n) is 4.33. The van der Waals surface area contributed by atoms with Crippen LogP contribution in [0.5, 0.6) is 0 Å². The third kappa shape index (κ3) is 2.18. The predicted octanol–water partition coefficient (Wildman–Crippen LogP) is 4.07. The molecule has 1 aromatic heterocycles. The van der Waals surface area contributed by atoms with Gasteiger partial charge in [0.2, 0.25) is 5.78 Å². The minimum Gasteiger partial charge on any atom is -0.446 e. The molecule has 2 rings (SSSR count). The van der Waals surface area contributed by atoms with Crippen molar-refractivity contribution in [3.8, 4) is 0 Å². The standard InChI is InChI=1S/C11H5BrClFO2/c12-10-4-3-9(16-10)11(15)6-1-2-7(13)8(14)5-6/h1-5H. The maximum atomic E-state index is 13.1. The molecule has 16 heavy (non-hydrogen) atoms. The van der Waals surface area contributed by atoms with Crippen molar-refractivity contribution in [1.29, 1.82) is 0 Å². The lowest BCUT2D eigenvalue weighted by Crippen LogP contribution is -2.00. The van der Waals surface area contributed by atoms with E-state index in [2.05, 4.69) is 15.9 Å². The van der Waals surface area contributed by atoms with Crippen molar-refractivity contribution < 1.29 is 13.6 Å². The highest BCUT2D eigenvalue weighted by Crippen LogP contribution is 2.20. The van der Waals surface area contributed by atoms with Gasteiger partial charge in [0.1, 0.15) is 5.82 Å². The number of hydrogen-bond acceptors (Lipinski definition) is 2. The summed E-state index contributed by atoms with van der Waals surface area (Å²) >= 11 is 8.60. The van der Waals surface area contributed by atoms with E-state index < -0.39 is 5.82 Å². The third-order valence-corrected chi connectivity index (χ3v) is 2.71. The first-order chi connectivity index (χ1) is 7.58. The molecule has 0 unspecified atom stereocenters. The molecule has 1 aromatic carbocycles. The molecule has 0 aliphatic carbocycles. The summed E-state index contributed by atoms with van der Waals surface area (Å²) in [5.74, 6) is -0.868. The largest absolute Gasteiger partial charge is 0.446 e. The number of carbonyl (C=O) groups is 1. The molecule has 0 radical (unpaired) electrons. The van der Waals surface area contributed by atoms with Gasteiger partial charge in [-0.25, -0.2) is 4.39 Å². The van der Waals surface area contributed by atoms with Crippen LogP contribution in [0.25, 0.3) is 0 Å². The SMILES string of the molecule is O=C(c1ccc(Cl)c(F)c1)c1ccc(Br)o1. The summed E-state index contributed by atoms with van der Waals surface area (Å²) < 4.78 is 18.7. The van der Waals surface area contributed by atoms with Crippen molar-refractivity contribution in [3.05, 3.63) is 57.2 Å². The van der Waals surface area contributed by atoms with Gasteiger partial charge in [-0.1, -0.05) is 11.6 Å². The van der Waals surface area contributed by atoms with Crippen LogP contribution in [0.1, 0.15) is 16.1 Å². The predicted molar refractivity (Wildman–Crippen MR) is 61.3 cm³/mol. The lowest BCUT2D eigenvalue weighted by molar-refractivity contribution is 0.101. The summed E-state index contributed by atoms with van der Waals surface area (Å²) in [5.41, 5.74) is 0.198. The van der Waals surface area contributed by atoms with E-state index >= 15 is 0 Å². The second-order valence-electron chi connectivity index (χ2n) is 3.06. The fourth-order valence-electron chi connectivity index (χ4n) is 1.22. The smallest absolute Gasteiger partial charge is 0.228 e. The van der Waals surface area contributed by atoms with Crippen molar-refractivity contribution in [3.63, 3.8) is 0 Å². The molecule has 0 amide bonds. The Morgan fingerprint density at radius 1 is 1.31 bits per heavy atom. The van der Waals surface area contributed by atoms with Crippen LogP contribution in [0.2, 0.25) is 5.02 Å². The fourth-order valence-corrected chi connectivity index (χ4v) is 1.64. The van der Waals surface area contributed by atoms with Crippen molar-refractivity contribution in [2.45, 2.75) is 0 Å². The van der Waals surface area contributed by atoms with Crippen molar-refractivity contribution in [1.82, 2.24) is 0 Å². The second-order valence-corrected chi connectivity index (χ2v) is 4.25. The molecule has 0 fully saturated rings. The normalized spacial score (nSPS) is 10.4. The lowest BCUT2D eigenvalue weighted by atomic mass is 10.1. The minimum atomic E-state index is -0.627. The summed E-state index contributed by atoms with van der Waals surface area (Å²) in [5, 5.41) is -0.0165. The molecule has 5 heteroatoms. The molecule has 0 aliphatic heterocycles. The molecule has 0 bridgehead atoms. The van der Waals surface area contributed by atoms with Gasteiger partial charge in [0.25, 0.3) is 0 Å². The van der Waals surface area contributed by atoms with Crippen LogP contribution < -0.4 is 0 Å². The Kier molecular flexibility index (Phi) is 3.12. The van der Waals surface area contributed by atoms with E-state index in [0.717, 1.165) is 6.07 Å². The van der Waals surface area contributed by atoms with Gasteiger partial charge in [-0.3, -0.25) is 4.79 Å². The molecule has 82 valence electrons. The van der Waals surface area contributed by atoms with E-state index in [-0.39, 0.29) is 22.1 Å². The highest BCUT2D eigenvalue weighted by Gasteiger charge is 2.14. The number of furan rings is 1. The van der Waals surface area contributed by atoms with Gasteiger partial charge in [0.15, 0.2) is 10.4 Å². The summed E-state index contributed by atoms with van der Waals surface area (Å²) in [6.07, 6.45) is 0. The summed E-state index contributed by atoms with van der Waals surface area (Å²) in [6, 6.07) is 6.98. The molecule has 0 saturated heterocycles. The average molecular weight is 304 g/mol. The molecular weight excluding hydrogens is 298 g/mol. The molecule has 2 aromatic rings. The molecule has 0 N–H and O–H groups in total. The van der Waals surface area contributed by atoms with E-state index in [9.17, 15) is 9.18 Å². The Labute approximate surface area is 104 Å². The van der Waals surface area contributed by atoms with Crippen LogP contribution in [-0.2, 0) is 0 Å². The molecule has 0 spiro atoms. The maximum Gasteiger partial charge on any atom is 0.228 e. The number of halogens is 3. The Morgan fingerprint density at radius 2 is 2.06 bits per heavy atom. The summed E-state index contributed by atoms with van der Waals surface area (Å²) in [4.78, 5) is 11.8. The van der Waals surface area contributed by atoms with Gasteiger partial charge in [-0.15, -0.1) is 0 Å². The van der Waals surface area contributed by atoms with Crippen molar-refractivity contribution >= 4 is 33.3 Å². The number of hydrogen-bond donors (Lipinski definition) is 0. The van der Waals surface area contributed by atoms with Crippen molar-refractivity contribution in [2.75, 3.05) is 0 Å². The fraction of sp³-hybridized carbons (Fsp3) is 0. The van der Waals surface area contributed by atoms with Crippen molar-refractivity contribution in [2.24, 2.45) is 0 Å². The van der Waals surface area contributed by atoms with Gasteiger partial charge < -0.3 is 4.42 Å². The van der Waals surface area contributed by atoms with Crippen LogP contribution in [0, 0.1) is 5.82 Å². The zero-order valence-corrected chi connectivity index (χ0v) is 10.2. The quantitative estimate of drug-likeness (QED) is 0.783. The van der Waals surface area contributed by atoms with E-state index in [1.165, 1.54) is 18.2 Å². The molecule has 0 atom stereocenters. The van der Waals surface area contributed by atoms with Gasteiger partial charge in [0.05, 0.1) is 5.02 Å². The summed E-state index contributed by atoms with van der Waals surface area (Å²) in [7, 11) is 0. The van der Waals surface area contributed by atoms with Crippen LogP contribution in [-0.4, -0.2) is 5.78 Å². The number of carbonyl (C=O) groups excluding carboxylic acids is 1. The Balaban J connectivity index is 2.38. The highest BCUT2D eigenvalue weighted by atomic mass is 79.9. The maximum absolute atomic E-state index is 13.1. The van der Waals surface area contributed by atoms with Crippen LogP contribution in [0.4, 0.5) is 4.39 Å². The highest BCUT2D eigenvalue weighted by molar-refractivity contribution is 9.10. The Hall–Kier alpha value is -1.13. The Bertz CT molecular complexity index is 551. The zero-order chi connectivity index (χ0) is 11.7. The second kappa shape index (κ2) is 4.39. The van der Waals surface area contributed by atoms with Gasteiger partial charge in [-0.2, -0.15) is 0 Å². The summed E-state index contributed by atoms with van der Waals surface area (Å²) in [6.45, 7) is 0. The zero-order valence-electron chi connectivity index (χ0n) is 7.84. The number of rotatable bonds is 2. The van der Waals surface area contributed by atoms with Crippen LogP contribution >= 0.6 is 27.5 Å². The van der Waals surface area contributed by atoms with Crippen LogP contribution in [0.15, 0.2) is 39.4 Å². The van der Waals surface area contributed by atoms with Crippen LogP contribution in [0.3, 0.4) is 0 Å². The first kappa shape index (κ1) is 11.4. The average Bonchev–Trinajstić information content (AvgIpc) is 2.68. The van der Waals surface area contributed by atoms with Gasteiger partial charge in [0, 0.05) is 5.56 Å². The number of benzene rings is 1. The molecular formula is C11H5BrClFO2.